The van der Waals surface area contributed by atoms with E-state index in [1.807, 2.05) is 37.3 Å². The number of aliphatic hydroxyl groups excluding tert-OH is 1. The van der Waals surface area contributed by atoms with Crippen molar-refractivity contribution < 1.29 is 28.2 Å². The molecule has 0 saturated carbocycles. The number of thioether (sulfide) groups is 1. The number of fused-ring (bicyclic) bond motifs is 1. The zero-order chi connectivity index (χ0) is 29.5. The molecular weight excluding hydrogens is 550 g/mol. The van der Waals surface area contributed by atoms with Gasteiger partial charge in [-0.15, -0.1) is 0 Å². The topological polar surface area (TPSA) is 89.8 Å². The predicted molar refractivity (Wildman–Crippen MR) is 159 cm³/mol. The van der Waals surface area contributed by atoms with Gasteiger partial charge in [0.2, 0.25) is 5.43 Å². The third-order valence-corrected chi connectivity index (χ3v) is 7.63. The maximum absolute atomic E-state index is 14.3. The molecule has 10 heteroatoms. The molecule has 2 aromatic carbocycles. The summed E-state index contributed by atoms with van der Waals surface area (Å²) in [6.07, 6.45) is 4.07. The first-order valence-corrected chi connectivity index (χ1v) is 13.7. The number of hydrogen-bond donors (Lipinski definition) is 2. The molecule has 7 nitrogen and oxygen atoms in total. The van der Waals surface area contributed by atoms with Crippen LogP contribution in [0.4, 0.5) is 13.6 Å². The van der Waals surface area contributed by atoms with Gasteiger partial charge in [-0.1, -0.05) is 30.3 Å². The fourth-order valence-corrected chi connectivity index (χ4v) is 5.33. The lowest BCUT2D eigenvalue weighted by Gasteiger charge is -2.18. The van der Waals surface area contributed by atoms with Crippen LogP contribution in [0.3, 0.4) is 0 Å². The van der Waals surface area contributed by atoms with Crippen LogP contribution in [-0.2, 0) is 7.05 Å². The Morgan fingerprint density at radius 1 is 1.00 bits per heavy atom. The minimum absolute atomic E-state index is 0.0472. The van der Waals surface area contributed by atoms with Gasteiger partial charge in [0.15, 0.2) is 17.4 Å². The molecule has 1 amide bonds. The number of carbonyl (C=O) groups excluding carboxylic acids is 1. The quantitative estimate of drug-likeness (QED) is 0.320. The van der Waals surface area contributed by atoms with Gasteiger partial charge in [0.25, 0.3) is 5.24 Å². The van der Waals surface area contributed by atoms with Gasteiger partial charge in [-0.2, -0.15) is 0 Å². The molecule has 3 aromatic rings. The van der Waals surface area contributed by atoms with Crippen LogP contribution in [0.25, 0.3) is 22.0 Å². The van der Waals surface area contributed by atoms with Gasteiger partial charge < -0.3 is 24.5 Å². The van der Waals surface area contributed by atoms with Gasteiger partial charge in [-0.3, -0.25) is 9.59 Å². The van der Waals surface area contributed by atoms with Crippen molar-refractivity contribution in [2.45, 2.75) is 13.3 Å². The van der Waals surface area contributed by atoms with Crippen LogP contribution in [0.5, 0.6) is 11.5 Å². The first kappa shape index (κ1) is 29.8. The van der Waals surface area contributed by atoms with Crippen LogP contribution in [0.1, 0.15) is 24.6 Å². The Balaban J connectivity index is 0.00000189. The SMILES string of the molecule is C/C(=C1/CNC(=O)S1)c1ccc(OCCOc2c(C3=CCC=C(F)C(F)=C3)n(C)c3ccccc3c2=O)cc1.CO. The van der Waals surface area contributed by atoms with Crippen molar-refractivity contribution in [3.05, 3.63) is 105 Å². The molecule has 0 bridgehead atoms. The van der Waals surface area contributed by atoms with Gasteiger partial charge in [-0.05, 0) is 72.7 Å². The van der Waals surface area contributed by atoms with Crippen molar-refractivity contribution in [3.63, 3.8) is 0 Å². The smallest absolute Gasteiger partial charge is 0.283 e. The molecule has 2 aliphatic rings. The number of benzene rings is 2. The summed E-state index contributed by atoms with van der Waals surface area (Å²) in [6.45, 7) is 2.72. The molecule has 1 aliphatic heterocycles. The molecule has 214 valence electrons. The standard InChI is InChI=1S/C30H26F2N2O4S.CH4O/c1-18(26-17-33-30(36)39-26)19-10-12-21(13-11-19)37-14-15-38-29-27(20-6-5-8-23(31)24(32)16-20)34(2)25-9-4-3-7-22(25)28(29)35;1-2/h3-4,6-13,16H,5,14-15,17H2,1-2H3,(H,33,36);2H,1H3/b26-18+;. The normalized spacial score (nSPS) is 16.0. The zero-order valence-electron chi connectivity index (χ0n) is 22.9. The molecule has 0 spiro atoms. The first-order valence-electron chi connectivity index (χ1n) is 12.8. The lowest BCUT2D eigenvalue weighted by Crippen LogP contribution is -2.19. The Morgan fingerprint density at radius 3 is 2.41 bits per heavy atom. The molecule has 1 aliphatic carbocycles. The summed E-state index contributed by atoms with van der Waals surface area (Å²) in [5.74, 6) is -1.27. The van der Waals surface area contributed by atoms with E-state index in [4.69, 9.17) is 14.6 Å². The number of para-hydroxylation sites is 1. The second kappa shape index (κ2) is 13.5. The first-order chi connectivity index (χ1) is 19.8. The minimum atomic E-state index is -1.00. The van der Waals surface area contributed by atoms with Gasteiger partial charge in [0, 0.05) is 30.0 Å². The Kier molecular flexibility index (Phi) is 9.80. The second-order valence-electron chi connectivity index (χ2n) is 9.04. The van der Waals surface area contributed by atoms with Gasteiger partial charge in [0.05, 0.1) is 17.8 Å². The monoisotopic (exact) mass is 580 g/mol. The number of amides is 1. The number of allylic oxidation sites excluding steroid dienone is 7. The third-order valence-electron chi connectivity index (χ3n) is 6.60. The van der Waals surface area contributed by atoms with Crippen LogP contribution in [0.2, 0.25) is 0 Å². The van der Waals surface area contributed by atoms with E-state index in [2.05, 4.69) is 5.32 Å². The lowest BCUT2D eigenvalue weighted by atomic mass is 10.1. The number of hydrogen-bond acceptors (Lipinski definition) is 6. The maximum atomic E-state index is 14.3. The third kappa shape index (κ3) is 6.61. The second-order valence-corrected chi connectivity index (χ2v) is 10.1. The highest BCUT2D eigenvalue weighted by Crippen LogP contribution is 2.33. The molecule has 2 heterocycles. The highest BCUT2D eigenvalue weighted by Gasteiger charge is 2.21. The molecule has 5 rings (SSSR count). The van der Waals surface area contributed by atoms with Gasteiger partial charge >= 0.3 is 0 Å². The van der Waals surface area contributed by atoms with Crippen LogP contribution in [-0.4, -0.2) is 41.8 Å². The van der Waals surface area contributed by atoms with Crippen LogP contribution in [0, 0.1) is 0 Å². The summed E-state index contributed by atoms with van der Waals surface area (Å²) in [6, 6.07) is 14.6. The Bertz CT molecular complexity index is 1640. The number of aliphatic hydroxyl groups is 1. The highest BCUT2D eigenvalue weighted by atomic mass is 32.2. The number of carbonyl (C=O) groups is 1. The van der Waals surface area contributed by atoms with Crippen molar-refractivity contribution in [2.24, 2.45) is 7.05 Å². The Labute approximate surface area is 240 Å². The molecule has 0 atom stereocenters. The molecule has 0 radical (unpaired) electrons. The highest BCUT2D eigenvalue weighted by molar-refractivity contribution is 8.17. The van der Waals surface area contributed by atoms with Gasteiger partial charge in [-0.25, -0.2) is 8.78 Å². The van der Waals surface area contributed by atoms with Crippen LogP contribution >= 0.6 is 11.8 Å². The average molecular weight is 581 g/mol. The fourth-order valence-electron chi connectivity index (χ4n) is 4.55. The molecule has 0 unspecified atom stereocenters. The summed E-state index contributed by atoms with van der Waals surface area (Å²) < 4.78 is 41.8. The van der Waals surface area contributed by atoms with E-state index in [1.165, 1.54) is 11.8 Å². The van der Waals surface area contributed by atoms with E-state index >= 15 is 0 Å². The van der Waals surface area contributed by atoms with Crippen molar-refractivity contribution in [2.75, 3.05) is 26.9 Å². The number of nitrogens with zero attached hydrogens (tertiary/aromatic N) is 1. The van der Waals surface area contributed by atoms with Crippen LogP contribution < -0.4 is 20.2 Å². The molecule has 1 aromatic heterocycles. The summed E-state index contributed by atoms with van der Waals surface area (Å²) in [5.41, 5.74) is 3.05. The molecule has 2 N–H and O–H groups in total. The largest absolute Gasteiger partial charge is 0.490 e. The van der Waals surface area contributed by atoms with Crippen molar-refractivity contribution in [1.82, 2.24) is 9.88 Å². The van der Waals surface area contributed by atoms with E-state index in [9.17, 15) is 18.4 Å². The van der Waals surface area contributed by atoms with Crippen molar-refractivity contribution >= 4 is 39.1 Å². The van der Waals surface area contributed by atoms with Crippen molar-refractivity contribution in [3.8, 4) is 11.5 Å². The van der Waals surface area contributed by atoms with Gasteiger partial charge in [0.1, 0.15) is 19.0 Å². The number of aryl methyl sites for hydroxylation is 1. The van der Waals surface area contributed by atoms with E-state index in [-0.39, 0.29) is 36.1 Å². The summed E-state index contributed by atoms with van der Waals surface area (Å²) in [7, 11) is 2.76. The number of ether oxygens (including phenoxy) is 2. The number of aromatic nitrogens is 1. The maximum Gasteiger partial charge on any atom is 0.283 e. The number of pyridine rings is 1. The van der Waals surface area contributed by atoms with Crippen LogP contribution in [0.15, 0.2) is 88.1 Å². The molecule has 1 saturated heterocycles. The number of rotatable bonds is 7. The molecule has 41 heavy (non-hydrogen) atoms. The zero-order valence-corrected chi connectivity index (χ0v) is 23.7. The predicted octanol–water partition coefficient (Wildman–Crippen LogP) is 6.29. The van der Waals surface area contributed by atoms with Crippen molar-refractivity contribution in [1.29, 1.82) is 0 Å². The Morgan fingerprint density at radius 2 is 1.71 bits per heavy atom. The minimum Gasteiger partial charge on any atom is -0.490 e. The number of halogens is 2. The average Bonchev–Trinajstić information content (AvgIpc) is 3.36. The van der Waals surface area contributed by atoms with E-state index in [0.717, 1.165) is 35.3 Å². The summed E-state index contributed by atoms with van der Waals surface area (Å²) in [5, 5.41) is 10.2. The molecule has 1 fully saturated rings. The number of nitrogens with one attached hydrogen (secondary N) is 1. The van der Waals surface area contributed by atoms with E-state index in [1.54, 1.807) is 35.9 Å². The molecular formula is C31H30F2N2O5S. The lowest BCUT2D eigenvalue weighted by molar-refractivity contribution is 0.215. The summed E-state index contributed by atoms with van der Waals surface area (Å²) >= 11 is 1.21. The van der Waals surface area contributed by atoms with E-state index in [0.29, 0.717) is 34.5 Å². The Hall–Kier alpha value is -4.15. The fraction of sp³-hybridized carbons (Fsp3) is 0.226. The summed E-state index contributed by atoms with van der Waals surface area (Å²) in [4.78, 5) is 25.9. The van der Waals surface area contributed by atoms with E-state index < -0.39 is 11.7 Å².